The Labute approximate surface area is 152 Å². The SMILES string of the molecule is Cc1cnccc1CCN=C(N)NC(C)CCCC(C)C.I. The molecule has 4 nitrogen and oxygen atoms in total. The van der Waals surface area contributed by atoms with Crippen molar-refractivity contribution in [2.24, 2.45) is 16.6 Å². The van der Waals surface area contributed by atoms with Gasteiger partial charge in [-0.05, 0) is 49.8 Å². The van der Waals surface area contributed by atoms with Crippen molar-refractivity contribution in [3.05, 3.63) is 29.6 Å². The number of halogens is 1. The van der Waals surface area contributed by atoms with Gasteiger partial charge in [0.15, 0.2) is 5.96 Å². The van der Waals surface area contributed by atoms with Crippen LogP contribution in [0.3, 0.4) is 0 Å². The van der Waals surface area contributed by atoms with E-state index < -0.39 is 0 Å². The van der Waals surface area contributed by atoms with E-state index in [1.807, 2.05) is 18.5 Å². The maximum atomic E-state index is 5.93. The molecule has 1 aromatic heterocycles. The Morgan fingerprint density at radius 1 is 1.32 bits per heavy atom. The lowest BCUT2D eigenvalue weighted by Gasteiger charge is -2.15. The van der Waals surface area contributed by atoms with Crippen LogP contribution >= 0.6 is 24.0 Å². The Balaban J connectivity index is 0.00000441. The number of aryl methyl sites for hydroxylation is 1. The first-order valence-corrected chi connectivity index (χ1v) is 7.95. The van der Waals surface area contributed by atoms with Crippen LogP contribution in [-0.2, 0) is 6.42 Å². The number of aliphatic imine (C=N–C) groups is 1. The minimum Gasteiger partial charge on any atom is -0.370 e. The molecule has 0 amide bonds. The second kappa shape index (κ2) is 11.7. The molecule has 0 aliphatic rings. The zero-order chi connectivity index (χ0) is 15.7. The molecule has 0 saturated heterocycles. The highest BCUT2D eigenvalue weighted by atomic mass is 127. The van der Waals surface area contributed by atoms with Crippen LogP contribution in [0.15, 0.2) is 23.5 Å². The molecule has 5 heteroatoms. The molecule has 1 rings (SSSR count). The Morgan fingerprint density at radius 2 is 2.05 bits per heavy atom. The first-order chi connectivity index (χ1) is 9.99. The number of hydrogen-bond acceptors (Lipinski definition) is 2. The van der Waals surface area contributed by atoms with Crippen LogP contribution in [0.25, 0.3) is 0 Å². The largest absolute Gasteiger partial charge is 0.370 e. The number of nitrogens with two attached hydrogens (primary N) is 1. The maximum absolute atomic E-state index is 5.93. The maximum Gasteiger partial charge on any atom is 0.188 e. The lowest BCUT2D eigenvalue weighted by atomic mass is 10.0. The van der Waals surface area contributed by atoms with Gasteiger partial charge in [0.25, 0.3) is 0 Å². The molecule has 1 heterocycles. The predicted molar refractivity (Wildman–Crippen MR) is 106 cm³/mol. The summed E-state index contributed by atoms with van der Waals surface area (Å²) in [6, 6.07) is 2.43. The van der Waals surface area contributed by atoms with Gasteiger partial charge in [0.1, 0.15) is 0 Å². The number of nitrogens with zero attached hydrogens (tertiary/aromatic N) is 2. The summed E-state index contributed by atoms with van der Waals surface area (Å²) in [5.74, 6) is 1.32. The lowest BCUT2D eigenvalue weighted by molar-refractivity contribution is 0.493. The highest BCUT2D eigenvalue weighted by Gasteiger charge is 2.04. The van der Waals surface area contributed by atoms with Gasteiger partial charge < -0.3 is 11.1 Å². The fourth-order valence-electron chi connectivity index (χ4n) is 2.28. The van der Waals surface area contributed by atoms with E-state index in [-0.39, 0.29) is 24.0 Å². The van der Waals surface area contributed by atoms with E-state index >= 15 is 0 Å². The molecule has 3 N–H and O–H groups in total. The molecular formula is C17H31IN4. The highest BCUT2D eigenvalue weighted by Crippen LogP contribution is 2.08. The number of nitrogens with one attached hydrogen (secondary N) is 1. The zero-order valence-electron chi connectivity index (χ0n) is 14.3. The Bertz CT molecular complexity index is 446. The Kier molecular flexibility index (Phi) is 11.2. The van der Waals surface area contributed by atoms with Crippen LogP contribution in [0.5, 0.6) is 0 Å². The summed E-state index contributed by atoms with van der Waals surface area (Å²) in [5, 5.41) is 3.27. The van der Waals surface area contributed by atoms with Gasteiger partial charge in [-0.3, -0.25) is 9.98 Å². The second-order valence-corrected chi connectivity index (χ2v) is 6.19. The first-order valence-electron chi connectivity index (χ1n) is 7.95. The monoisotopic (exact) mass is 418 g/mol. The van der Waals surface area contributed by atoms with Crippen molar-refractivity contribution in [1.82, 2.24) is 10.3 Å². The van der Waals surface area contributed by atoms with Crippen LogP contribution < -0.4 is 11.1 Å². The van der Waals surface area contributed by atoms with E-state index in [2.05, 4.69) is 43.0 Å². The molecule has 1 atom stereocenters. The third kappa shape index (κ3) is 9.23. The van der Waals surface area contributed by atoms with Gasteiger partial charge >= 0.3 is 0 Å². The molecule has 1 aromatic rings. The normalized spacial score (nSPS) is 12.9. The molecule has 126 valence electrons. The van der Waals surface area contributed by atoms with Gasteiger partial charge in [-0.2, -0.15) is 0 Å². The minimum absolute atomic E-state index is 0. The van der Waals surface area contributed by atoms with Gasteiger partial charge in [0.2, 0.25) is 0 Å². The Hall–Kier alpha value is -0.850. The van der Waals surface area contributed by atoms with E-state index in [4.69, 9.17) is 5.73 Å². The summed E-state index contributed by atoms with van der Waals surface area (Å²) in [6.07, 6.45) is 8.25. The molecule has 0 spiro atoms. The topological polar surface area (TPSA) is 63.3 Å². The summed E-state index contributed by atoms with van der Waals surface area (Å²) in [4.78, 5) is 8.50. The molecule has 0 aliphatic heterocycles. The van der Waals surface area contributed by atoms with Crippen LogP contribution in [0.4, 0.5) is 0 Å². The average Bonchev–Trinajstić information content (AvgIpc) is 2.40. The van der Waals surface area contributed by atoms with Gasteiger partial charge in [-0.25, -0.2) is 0 Å². The van der Waals surface area contributed by atoms with E-state index in [1.165, 1.54) is 24.0 Å². The molecular weight excluding hydrogens is 387 g/mol. The first kappa shape index (κ1) is 21.1. The van der Waals surface area contributed by atoms with Crippen molar-refractivity contribution in [1.29, 1.82) is 0 Å². The smallest absolute Gasteiger partial charge is 0.188 e. The molecule has 1 unspecified atom stereocenters. The van der Waals surface area contributed by atoms with Gasteiger partial charge in [0.05, 0.1) is 0 Å². The number of rotatable bonds is 8. The summed E-state index contributed by atoms with van der Waals surface area (Å²) in [7, 11) is 0. The zero-order valence-corrected chi connectivity index (χ0v) is 16.6. The minimum atomic E-state index is 0. The van der Waals surface area contributed by atoms with Crippen molar-refractivity contribution < 1.29 is 0 Å². The van der Waals surface area contributed by atoms with Crippen LogP contribution in [0.1, 0.15) is 51.2 Å². The second-order valence-electron chi connectivity index (χ2n) is 6.19. The third-order valence-corrected chi connectivity index (χ3v) is 3.61. The van der Waals surface area contributed by atoms with Crippen molar-refractivity contribution in [2.45, 2.75) is 59.4 Å². The van der Waals surface area contributed by atoms with E-state index in [0.717, 1.165) is 18.8 Å². The predicted octanol–water partition coefficient (Wildman–Crippen LogP) is 3.67. The van der Waals surface area contributed by atoms with E-state index in [0.29, 0.717) is 18.5 Å². The number of pyridine rings is 1. The van der Waals surface area contributed by atoms with Crippen molar-refractivity contribution in [3.8, 4) is 0 Å². The quantitative estimate of drug-likeness (QED) is 0.385. The van der Waals surface area contributed by atoms with Crippen LogP contribution in [0.2, 0.25) is 0 Å². The average molecular weight is 418 g/mol. The fraction of sp³-hybridized carbons (Fsp3) is 0.647. The standard InChI is InChI=1S/C17H30N4.HI/c1-13(2)6-5-7-15(4)21-17(18)20-11-9-16-8-10-19-12-14(16)3;/h8,10,12-13,15H,5-7,9,11H2,1-4H3,(H3,18,20,21);1H. The van der Waals surface area contributed by atoms with Crippen LogP contribution in [0, 0.1) is 12.8 Å². The summed E-state index contributed by atoms with van der Waals surface area (Å²) in [5.41, 5.74) is 8.43. The fourth-order valence-corrected chi connectivity index (χ4v) is 2.28. The number of guanidine groups is 1. The van der Waals surface area contributed by atoms with Crippen molar-refractivity contribution >= 4 is 29.9 Å². The number of hydrogen-bond donors (Lipinski definition) is 2. The van der Waals surface area contributed by atoms with Crippen molar-refractivity contribution in [2.75, 3.05) is 6.54 Å². The Morgan fingerprint density at radius 3 is 2.68 bits per heavy atom. The molecule has 0 saturated carbocycles. The molecule has 0 aromatic carbocycles. The lowest BCUT2D eigenvalue weighted by Crippen LogP contribution is -2.38. The molecule has 0 aliphatic carbocycles. The van der Waals surface area contributed by atoms with Crippen molar-refractivity contribution in [3.63, 3.8) is 0 Å². The van der Waals surface area contributed by atoms with Crippen LogP contribution in [-0.4, -0.2) is 23.5 Å². The molecule has 0 radical (unpaired) electrons. The summed E-state index contributed by atoms with van der Waals surface area (Å²) in [6.45, 7) is 9.46. The third-order valence-electron chi connectivity index (χ3n) is 3.61. The molecule has 0 fully saturated rings. The summed E-state index contributed by atoms with van der Waals surface area (Å²) >= 11 is 0. The number of aromatic nitrogens is 1. The van der Waals surface area contributed by atoms with Gasteiger partial charge in [-0.1, -0.05) is 26.7 Å². The molecule has 0 bridgehead atoms. The summed E-state index contributed by atoms with van der Waals surface area (Å²) < 4.78 is 0. The van der Waals surface area contributed by atoms with E-state index in [9.17, 15) is 0 Å². The van der Waals surface area contributed by atoms with Gasteiger partial charge in [-0.15, -0.1) is 24.0 Å². The van der Waals surface area contributed by atoms with Gasteiger partial charge in [0, 0.05) is 25.0 Å². The highest BCUT2D eigenvalue weighted by molar-refractivity contribution is 14.0. The van der Waals surface area contributed by atoms with E-state index in [1.54, 1.807) is 0 Å². The molecule has 22 heavy (non-hydrogen) atoms.